The third-order valence-corrected chi connectivity index (χ3v) is 7.45. The van der Waals surface area contributed by atoms with E-state index in [1.54, 1.807) is 0 Å². The van der Waals surface area contributed by atoms with Crippen molar-refractivity contribution in [2.45, 2.75) is 12.8 Å². The zero-order valence-electron chi connectivity index (χ0n) is 23.1. The molecule has 198 valence electrons. The SMILES string of the molecule is Cc1cccc(N(c2ccccc2)c2ccc(-c3ccc(C4C(=N)C=CC=C4C=Cc4ccccc4)cc3)cc2)c1. The third kappa shape index (κ3) is 5.88. The molecule has 1 aliphatic rings. The van der Waals surface area contributed by atoms with E-state index in [0.29, 0.717) is 5.71 Å². The van der Waals surface area contributed by atoms with E-state index in [4.69, 9.17) is 5.41 Å². The van der Waals surface area contributed by atoms with Gasteiger partial charge in [-0.05, 0) is 82.8 Å². The second kappa shape index (κ2) is 11.9. The number of rotatable bonds is 7. The van der Waals surface area contributed by atoms with Gasteiger partial charge >= 0.3 is 0 Å². The highest BCUT2D eigenvalue weighted by Gasteiger charge is 2.21. The fourth-order valence-electron chi connectivity index (χ4n) is 5.38. The van der Waals surface area contributed by atoms with Gasteiger partial charge < -0.3 is 10.3 Å². The maximum atomic E-state index is 8.67. The molecule has 0 bridgehead atoms. The lowest BCUT2D eigenvalue weighted by Gasteiger charge is -2.26. The van der Waals surface area contributed by atoms with Crippen LogP contribution in [0.2, 0.25) is 0 Å². The van der Waals surface area contributed by atoms with Crippen molar-refractivity contribution in [2.75, 3.05) is 4.90 Å². The van der Waals surface area contributed by atoms with E-state index in [1.165, 1.54) is 5.56 Å². The van der Waals surface area contributed by atoms with Crippen LogP contribution in [-0.2, 0) is 0 Å². The first kappa shape index (κ1) is 26.0. The second-order valence-electron chi connectivity index (χ2n) is 10.3. The van der Waals surface area contributed by atoms with E-state index in [0.717, 1.165) is 44.9 Å². The summed E-state index contributed by atoms with van der Waals surface area (Å²) in [5, 5.41) is 8.67. The summed E-state index contributed by atoms with van der Waals surface area (Å²) < 4.78 is 0. The van der Waals surface area contributed by atoms with Crippen molar-refractivity contribution in [1.29, 1.82) is 5.41 Å². The number of anilines is 3. The van der Waals surface area contributed by atoms with Crippen LogP contribution in [0, 0.1) is 12.3 Å². The summed E-state index contributed by atoms with van der Waals surface area (Å²) in [4.78, 5) is 2.29. The molecule has 0 saturated heterocycles. The summed E-state index contributed by atoms with van der Waals surface area (Å²) >= 11 is 0. The molecule has 0 amide bonds. The van der Waals surface area contributed by atoms with Gasteiger partial charge in [-0.1, -0.05) is 121 Å². The lowest BCUT2D eigenvalue weighted by molar-refractivity contribution is 1.06. The molecule has 0 fully saturated rings. The van der Waals surface area contributed by atoms with Gasteiger partial charge in [-0.3, -0.25) is 0 Å². The number of hydrogen-bond acceptors (Lipinski definition) is 2. The van der Waals surface area contributed by atoms with E-state index in [9.17, 15) is 0 Å². The lowest BCUT2D eigenvalue weighted by atomic mass is 9.83. The first-order chi connectivity index (χ1) is 20.2. The molecular formula is C39H32N2. The van der Waals surface area contributed by atoms with Gasteiger partial charge in [0.05, 0.1) is 5.92 Å². The van der Waals surface area contributed by atoms with Crippen LogP contribution in [0.1, 0.15) is 22.6 Å². The molecule has 2 heteroatoms. The number of allylic oxidation sites excluding steroid dienone is 5. The molecule has 1 aliphatic carbocycles. The molecule has 1 atom stereocenters. The normalized spacial score (nSPS) is 14.7. The molecule has 5 aromatic carbocycles. The van der Waals surface area contributed by atoms with Crippen molar-refractivity contribution in [3.8, 4) is 11.1 Å². The highest BCUT2D eigenvalue weighted by Crippen LogP contribution is 2.36. The highest BCUT2D eigenvalue weighted by molar-refractivity contribution is 6.02. The van der Waals surface area contributed by atoms with Crippen molar-refractivity contribution in [3.63, 3.8) is 0 Å². The maximum absolute atomic E-state index is 8.67. The smallest absolute Gasteiger partial charge is 0.0505 e. The van der Waals surface area contributed by atoms with Crippen molar-refractivity contribution < 1.29 is 0 Å². The molecule has 2 nitrogen and oxygen atoms in total. The Kier molecular flexibility index (Phi) is 7.55. The minimum absolute atomic E-state index is 0.0786. The second-order valence-corrected chi connectivity index (χ2v) is 10.3. The van der Waals surface area contributed by atoms with Gasteiger partial charge in [-0.2, -0.15) is 0 Å². The predicted molar refractivity (Wildman–Crippen MR) is 174 cm³/mol. The summed E-state index contributed by atoms with van der Waals surface area (Å²) in [6.07, 6.45) is 10.2. The number of nitrogens with zero attached hydrogens (tertiary/aromatic N) is 1. The lowest BCUT2D eigenvalue weighted by Crippen LogP contribution is -2.13. The van der Waals surface area contributed by atoms with Gasteiger partial charge in [0.25, 0.3) is 0 Å². The van der Waals surface area contributed by atoms with Crippen LogP contribution in [0.25, 0.3) is 17.2 Å². The zero-order chi connectivity index (χ0) is 28.0. The molecule has 0 spiro atoms. The number of nitrogens with one attached hydrogen (secondary N) is 1. The van der Waals surface area contributed by atoms with Gasteiger partial charge in [0, 0.05) is 22.8 Å². The molecule has 0 radical (unpaired) electrons. The van der Waals surface area contributed by atoms with Gasteiger partial charge in [0.15, 0.2) is 0 Å². The number of para-hydroxylation sites is 1. The zero-order valence-corrected chi connectivity index (χ0v) is 23.1. The van der Waals surface area contributed by atoms with Crippen LogP contribution in [0.3, 0.4) is 0 Å². The van der Waals surface area contributed by atoms with Crippen LogP contribution in [0.5, 0.6) is 0 Å². The van der Waals surface area contributed by atoms with Crippen molar-refractivity contribution in [3.05, 3.63) is 180 Å². The fraction of sp³-hybridized carbons (Fsp3) is 0.0513. The number of hydrogen-bond donors (Lipinski definition) is 1. The van der Waals surface area contributed by atoms with Crippen LogP contribution in [-0.4, -0.2) is 5.71 Å². The Labute approximate surface area is 242 Å². The molecule has 1 N–H and O–H groups in total. The Balaban J connectivity index is 1.26. The standard InChI is InChI=1S/C39H32N2/c1-29-10-8-16-37(28-29)41(35-14-6-3-7-15-35)36-26-24-32(25-27-36)31-20-22-34(23-21-31)39-33(13-9-17-38(39)40)19-18-30-11-4-2-5-12-30/h2-28,39-40H,1H3. The van der Waals surface area contributed by atoms with Crippen LogP contribution < -0.4 is 4.90 Å². The Morgan fingerprint density at radius 3 is 1.90 bits per heavy atom. The first-order valence-electron chi connectivity index (χ1n) is 14.0. The van der Waals surface area contributed by atoms with E-state index >= 15 is 0 Å². The number of aryl methyl sites for hydroxylation is 1. The Morgan fingerprint density at radius 1 is 0.610 bits per heavy atom. The summed E-state index contributed by atoms with van der Waals surface area (Å²) in [5.41, 5.74) is 10.9. The van der Waals surface area contributed by atoms with Crippen LogP contribution in [0.15, 0.2) is 163 Å². The first-order valence-corrected chi connectivity index (χ1v) is 14.0. The molecule has 0 aromatic heterocycles. The van der Waals surface area contributed by atoms with Crippen molar-refractivity contribution in [2.24, 2.45) is 0 Å². The Morgan fingerprint density at radius 2 is 1.22 bits per heavy atom. The molecule has 1 unspecified atom stereocenters. The maximum Gasteiger partial charge on any atom is 0.0505 e. The number of benzene rings is 5. The Bertz CT molecular complexity index is 1730. The molecule has 0 saturated carbocycles. The van der Waals surface area contributed by atoms with E-state index in [-0.39, 0.29) is 5.92 Å². The molecule has 5 aromatic rings. The summed E-state index contributed by atoms with van der Waals surface area (Å²) in [5.74, 6) is -0.0786. The van der Waals surface area contributed by atoms with Gasteiger partial charge in [-0.15, -0.1) is 0 Å². The minimum atomic E-state index is -0.0786. The summed E-state index contributed by atoms with van der Waals surface area (Å²) in [6.45, 7) is 2.13. The van der Waals surface area contributed by atoms with E-state index in [2.05, 4.69) is 139 Å². The quantitative estimate of drug-likeness (QED) is 0.223. The third-order valence-electron chi connectivity index (χ3n) is 7.45. The van der Waals surface area contributed by atoms with Crippen LogP contribution >= 0.6 is 0 Å². The van der Waals surface area contributed by atoms with Crippen molar-refractivity contribution >= 4 is 28.8 Å². The topological polar surface area (TPSA) is 27.1 Å². The van der Waals surface area contributed by atoms with Crippen molar-refractivity contribution in [1.82, 2.24) is 0 Å². The van der Waals surface area contributed by atoms with E-state index < -0.39 is 0 Å². The minimum Gasteiger partial charge on any atom is -0.310 e. The average molecular weight is 529 g/mol. The summed E-state index contributed by atoms with van der Waals surface area (Å²) in [6, 6.07) is 46.8. The average Bonchev–Trinajstić information content (AvgIpc) is 3.02. The monoisotopic (exact) mass is 528 g/mol. The largest absolute Gasteiger partial charge is 0.310 e. The highest BCUT2D eigenvalue weighted by atomic mass is 15.1. The fourth-order valence-corrected chi connectivity index (χ4v) is 5.38. The summed E-state index contributed by atoms with van der Waals surface area (Å²) in [7, 11) is 0. The molecule has 41 heavy (non-hydrogen) atoms. The molecular weight excluding hydrogens is 496 g/mol. The predicted octanol–water partition coefficient (Wildman–Crippen LogP) is 10.4. The molecule has 0 aliphatic heterocycles. The Hall–Kier alpha value is -5.21. The van der Waals surface area contributed by atoms with Gasteiger partial charge in [0.1, 0.15) is 0 Å². The van der Waals surface area contributed by atoms with E-state index in [1.807, 2.05) is 36.4 Å². The van der Waals surface area contributed by atoms with Gasteiger partial charge in [0.2, 0.25) is 0 Å². The molecule has 0 heterocycles. The molecule has 6 rings (SSSR count). The van der Waals surface area contributed by atoms with Crippen LogP contribution in [0.4, 0.5) is 17.1 Å². The van der Waals surface area contributed by atoms with Gasteiger partial charge in [-0.25, -0.2) is 0 Å².